The largest absolute Gasteiger partial charge is 0.354 e. The molecule has 0 aromatic carbocycles. The second-order valence-corrected chi connectivity index (χ2v) is 4.37. The molecule has 86 valence electrons. The van der Waals surface area contributed by atoms with Crippen LogP contribution in [-0.4, -0.2) is 50.1 Å². The Morgan fingerprint density at radius 2 is 2.47 bits per heavy atom. The van der Waals surface area contributed by atoms with E-state index in [2.05, 4.69) is 20.5 Å². The van der Waals surface area contributed by atoms with Crippen molar-refractivity contribution in [1.29, 1.82) is 0 Å². The van der Waals surface area contributed by atoms with Gasteiger partial charge in [0.25, 0.3) is 0 Å². The molecule has 0 saturated carbocycles. The number of hydrogen-bond acceptors (Lipinski definition) is 4. The summed E-state index contributed by atoms with van der Waals surface area (Å²) < 4.78 is 0. The maximum absolute atomic E-state index is 4.53. The maximum Gasteiger partial charge on any atom is 0.194 e. The van der Waals surface area contributed by atoms with Crippen LogP contribution < -0.4 is 10.6 Å². The van der Waals surface area contributed by atoms with Gasteiger partial charge in [0.05, 0.1) is 6.54 Å². The Morgan fingerprint density at radius 3 is 3.20 bits per heavy atom. The molecular formula is C11H22N4. The molecule has 0 spiro atoms. The zero-order valence-electron chi connectivity index (χ0n) is 9.63. The van der Waals surface area contributed by atoms with E-state index < -0.39 is 0 Å². The summed E-state index contributed by atoms with van der Waals surface area (Å²) in [6.07, 6.45) is 5.24. The fraction of sp³-hybridized carbons (Fsp3) is 0.909. The molecule has 2 aliphatic rings. The third-order valence-corrected chi connectivity index (χ3v) is 3.28. The smallest absolute Gasteiger partial charge is 0.194 e. The Balaban J connectivity index is 1.92. The van der Waals surface area contributed by atoms with Crippen molar-refractivity contribution in [2.24, 2.45) is 4.99 Å². The van der Waals surface area contributed by atoms with Gasteiger partial charge in [0, 0.05) is 19.1 Å². The number of nitrogens with one attached hydrogen (secondary N) is 2. The van der Waals surface area contributed by atoms with Crippen molar-refractivity contribution in [3.63, 3.8) is 0 Å². The van der Waals surface area contributed by atoms with Gasteiger partial charge < -0.3 is 15.5 Å². The van der Waals surface area contributed by atoms with Gasteiger partial charge in [0.1, 0.15) is 0 Å². The van der Waals surface area contributed by atoms with Crippen LogP contribution in [0.4, 0.5) is 0 Å². The minimum Gasteiger partial charge on any atom is -0.354 e. The predicted molar refractivity (Wildman–Crippen MR) is 63.2 cm³/mol. The van der Waals surface area contributed by atoms with Crippen molar-refractivity contribution in [3.8, 4) is 0 Å². The van der Waals surface area contributed by atoms with Gasteiger partial charge in [-0.25, -0.2) is 0 Å². The Labute approximate surface area is 92.1 Å². The van der Waals surface area contributed by atoms with E-state index in [0.29, 0.717) is 6.04 Å². The zero-order chi connectivity index (χ0) is 10.5. The van der Waals surface area contributed by atoms with Crippen molar-refractivity contribution in [3.05, 3.63) is 0 Å². The van der Waals surface area contributed by atoms with Gasteiger partial charge in [-0.05, 0) is 39.3 Å². The summed E-state index contributed by atoms with van der Waals surface area (Å²) in [6, 6.07) is 0.690. The topological polar surface area (TPSA) is 39.7 Å². The molecule has 2 heterocycles. The number of hydrogen-bond donors (Lipinski definition) is 2. The summed E-state index contributed by atoms with van der Waals surface area (Å²) >= 11 is 0. The second-order valence-electron chi connectivity index (χ2n) is 4.37. The maximum atomic E-state index is 4.53. The lowest BCUT2D eigenvalue weighted by molar-refractivity contribution is 0.225. The van der Waals surface area contributed by atoms with Crippen LogP contribution >= 0.6 is 0 Å². The summed E-state index contributed by atoms with van der Waals surface area (Å²) in [5.74, 6) is 1.15. The van der Waals surface area contributed by atoms with Crippen LogP contribution in [0.1, 0.15) is 25.7 Å². The average Bonchev–Trinajstić information content (AvgIpc) is 2.80. The summed E-state index contributed by atoms with van der Waals surface area (Å²) in [5, 5.41) is 6.63. The lowest BCUT2D eigenvalue weighted by atomic mass is 10.00. The lowest BCUT2D eigenvalue weighted by Crippen LogP contribution is -2.48. The molecule has 2 N–H and O–H groups in total. The van der Waals surface area contributed by atoms with Crippen LogP contribution in [0.5, 0.6) is 0 Å². The summed E-state index contributed by atoms with van der Waals surface area (Å²) in [4.78, 5) is 7.01. The quantitative estimate of drug-likeness (QED) is 0.709. The molecule has 0 aromatic rings. The lowest BCUT2D eigenvalue weighted by Gasteiger charge is -2.37. The van der Waals surface area contributed by atoms with Crippen LogP contribution in [0.2, 0.25) is 0 Å². The van der Waals surface area contributed by atoms with E-state index in [1.54, 1.807) is 0 Å². The number of rotatable bonds is 3. The fourth-order valence-electron chi connectivity index (χ4n) is 2.47. The molecule has 15 heavy (non-hydrogen) atoms. The van der Waals surface area contributed by atoms with E-state index >= 15 is 0 Å². The van der Waals surface area contributed by atoms with E-state index in [-0.39, 0.29) is 0 Å². The van der Waals surface area contributed by atoms with Gasteiger partial charge in [0.15, 0.2) is 5.96 Å². The first-order valence-corrected chi connectivity index (χ1v) is 6.11. The number of likely N-dealkylation sites (tertiary alicyclic amines) is 1. The van der Waals surface area contributed by atoms with Gasteiger partial charge in [-0.15, -0.1) is 0 Å². The first-order chi connectivity index (χ1) is 7.42. The van der Waals surface area contributed by atoms with Gasteiger partial charge in [0.2, 0.25) is 0 Å². The first-order valence-electron chi connectivity index (χ1n) is 6.11. The van der Waals surface area contributed by atoms with Crippen molar-refractivity contribution < 1.29 is 0 Å². The van der Waals surface area contributed by atoms with Crippen molar-refractivity contribution in [2.75, 3.05) is 33.2 Å². The van der Waals surface area contributed by atoms with Gasteiger partial charge in [-0.3, -0.25) is 4.99 Å². The number of guanidine groups is 1. The third-order valence-electron chi connectivity index (χ3n) is 3.28. The molecule has 0 aliphatic carbocycles. The second kappa shape index (κ2) is 5.35. The summed E-state index contributed by atoms with van der Waals surface area (Å²) in [7, 11) is 2.03. The molecule has 2 aliphatic heterocycles. The van der Waals surface area contributed by atoms with Crippen LogP contribution in [0.25, 0.3) is 0 Å². The van der Waals surface area contributed by atoms with Crippen LogP contribution in [0.3, 0.4) is 0 Å². The highest BCUT2D eigenvalue weighted by atomic mass is 15.3. The fourth-order valence-corrected chi connectivity index (χ4v) is 2.47. The Morgan fingerprint density at radius 1 is 1.53 bits per heavy atom. The Kier molecular flexibility index (Phi) is 3.83. The highest BCUT2D eigenvalue weighted by molar-refractivity contribution is 5.81. The minimum atomic E-state index is 0.690. The molecular weight excluding hydrogens is 188 g/mol. The normalized spacial score (nSPS) is 26.3. The molecule has 4 nitrogen and oxygen atoms in total. The molecule has 2 rings (SSSR count). The number of piperidine rings is 1. The van der Waals surface area contributed by atoms with Crippen molar-refractivity contribution >= 4 is 5.96 Å². The Bertz CT molecular complexity index is 227. The van der Waals surface area contributed by atoms with Crippen molar-refractivity contribution in [1.82, 2.24) is 15.5 Å². The van der Waals surface area contributed by atoms with E-state index in [1.165, 1.54) is 32.2 Å². The molecule has 0 bridgehead atoms. The standard InChI is InChI=1S/C11H22N4/c1-12-6-5-10-4-2-3-9-15(10)11-13-7-8-14-11/h10,12H,2-9H2,1H3,(H,13,14). The molecule has 4 heteroatoms. The highest BCUT2D eigenvalue weighted by Gasteiger charge is 2.25. The van der Waals surface area contributed by atoms with Crippen LogP contribution in [0.15, 0.2) is 4.99 Å². The van der Waals surface area contributed by atoms with Gasteiger partial charge in [-0.1, -0.05) is 0 Å². The number of nitrogens with zero attached hydrogens (tertiary/aromatic N) is 2. The molecule has 0 amide bonds. The monoisotopic (exact) mass is 210 g/mol. The van der Waals surface area contributed by atoms with E-state index in [9.17, 15) is 0 Å². The summed E-state index contributed by atoms with van der Waals surface area (Å²) in [6.45, 7) is 4.25. The molecule has 0 aromatic heterocycles. The minimum absolute atomic E-state index is 0.690. The van der Waals surface area contributed by atoms with Gasteiger partial charge in [-0.2, -0.15) is 0 Å². The molecule has 1 atom stereocenters. The average molecular weight is 210 g/mol. The highest BCUT2D eigenvalue weighted by Crippen LogP contribution is 2.19. The van der Waals surface area contributed by atoms with Gasteiger partial charge >= 0.3 is 0 Å². The zero-order valence-corrected chi connectivity index (χ0v) is 9.63. The van der Waals surface area contributed by atoms with E-state index in [0.717, 1.165) is 25.6 Å². The number of aliphatic imine (C=N–C) groups is 1. The Hall–Kier alpha value is -0.770. The van der Waals surface area contributed by atoms with Crippen LogP contribution in [-0.2, 0) is 0 Å². The SMILES string of the molecule is CNCCC1CCCCN1C1=NCCN1. The van der Waals surface area contributed by atoms with Crippen LogP contribution in [0, 0.1) is 0 Å². The molecule has 0 radical (unpaired) electrons. The van der Waals surface area contributed by atoms with E-state index in [1.807, 2.05) is 7.05 Å². The van der Waals surface area contributed by atoms with E-state index in [4.69, 9.17) is 0 Å². The third kappa shape index (κ3) is 2.62. The predicted octanol–water partition coefficient (Wildman–Crippen LogP) is 0.410. The molecule has 1 fully saturated rings. The first kappa shape index (κ1) is 10.7. The summed E-state index contributed by atoms with van der Waals surface area (Å²) in [5.41, 5.74) is 0. The van der Waals surface area contributed by atoms with Crippen molar-refractivity contribution in [2.45, 2.75) is 31.7 Å². The molecule has 1 unspecified atom stereocenters. The molecule has 1 saturated heterocycles.